The number of hydrogen-bond acceptors (Lipinski definition) is 2. The molecule has 0 amide bonds. The van der Waals surface area contributed by atoms with Crippen LogP contribution >= 0.6 is 0 Å². The highest BCUT2D eigenvalue weighted by Crippen LogP contribution is 2.14. The third-order valence-electron chi connectivity index (χ3n) is 3.05. The van der Waals surface area contributed by atoms with Crippen molar-refractivity contribution in [1.29, 1.82) is 0 Å². The van der Waals surface area contributed by atoms with E-state index in [1.165, 1.54) is 44.2 Å². The van der Waals surface area contributed by atoms with Gasteiger partial charge in [-0.15, -0.1) is 0 Å². The van der Waals surface area contributed by atoms with E-state index >= 15 is 0 Å². The van der Waals surface area contributed by atoms with Crippen molar-refractivity contribution >= 4 is 0 Å². The van der Waals surface area contributed by atoms with Gasteiger partial charge in [0.05, 0.1) is 6.61 Å². The molecule has 102 valence electrons. The van der Waals surface area contributed by atoms with Crippen molar-refractivity contribution in [2.24, 2.45) is 0 Å². The van der Waals surface area contributed by atoms with Crippen molar-refractivity contribution in [3.05, 3.63) is 29.8 Å². The first-order chi connectivity index (χ1) is 8.86. The van der Waals surface area contributed by atoms with Gasteiger partial charge in [-0.25, -0.2) is 0 Å². The van der Waals surface area contributed by atoms with Gasteiger partial charge < -0.3 is 10.1 Å². The van der Waals surface area contributed by atoms with Crippen LogP contribution in [0.1, 0.15) is 45.1 Å². The van der Waals surface area contributed by atoms with Crippen LogP contribution in [0.5, 0.6) is 5.75 Å². The third kappa shape index (κ3) is 6.65. The smallest absolute Gasteiger partial charge is 0.119 e. The lowest BCUT2D eigenvalue weighted by molar-refractivity contribution is 0.340. The summed E-state index contributed by atoms with van der Waals surface area (Å²) in [5, 5.41) is 3.36. The zero-order valence-electron chi connectivity index (χ0n) is 11.9. The minimum absolute atomic E-state index is 0.741. The molecule has 2 heteroatoms. The summed E-state index contributed by atoms with van der Waals surface area (Å²) >= 11 is 0. The Morgan fingerprint density at radius 3 is 2.33 bits per heavy atom. The van der Waals surface area contributed by atoms with Gasteiger partial charge in [0.25, 0.3) is 0 Å². The Bertz CT molecular complexity index is 294. The Hall–Kier alpha value is -1.02. The minimum atomic E-state index is 0.741. The summed E-state index contributed by atoms with van der Waals surface area (Å²) < 4.78 is 5.43. The standard InChI is InChI=1S/C16H27NO/c1-3-17-14-8-6-5-7-9-15-10-12-16(13-11-15)18-4-2/h10-13,17H,3-9,14H2,1-2H3. The molecule has 0 aliphatic rings. The highest BCUT2D eigenvalue weighted by molar-refractivity contribution is 5.27. The summed E-state index contributed by atoms with van der Waals surface area (Å²) in [5.41, 5.74) is 1.42. The lowest BCUT2D eigenvalue weighted by Gasteiger charge is -2.05. The number of unbranched alkanes of at least 4 members (excludes halogenated alkanes) is 3. The Kier molecular flexibility index (Phi) is 8.32. The van der Waals surface area contributed by atoms with Gasteiger partial charge in [-0.1, -0.05) is 31.9 Å². The topological polar surface area (TPSA) is 21.3 Å². The van der Waals surface area contributed by atoms with Crippen LogP contribution in [0.25, 0.3) is 0 Å². The van der Waals surface area contributed by atoms with Crippen molar-refractivity contribution in [3.8, 4) is 5.75 Å². The molecule has 0 spiro atoms. The molecule has 0 unspecified atom stereocenters. The van der Waals surface area contributed by atoms with Crippen molar-refractivity contribution in [1.82, 2.24) is 5.32 Å². The van der Waals surface area contributed by atoms with Crippen molar-refractivity contribution in [2.75, 3.05) is 19.7 Å². The quantitative estimate of drug-likeness (QED) is 0.637. The van der Waals surface area contributed by atoms with Crippen LogP contribution in [0, 0.1) is 0 Å². The molecule has 1 rings (SSSR count). The molecular formula is C16H27NO. The molecular weight excluding hydrogens is 222 g/mol. The van der Waals surface area contributed by atoms with E-state index < -0.39 is 0 Å². The summed E-state index contributed by atoms with van der Waals surface area (Å²) in [6.07, 6.45) is 6.45. The van der Waals surface area contributed by atoms with E-state index in [9.17, 15) is 0 Å². The number of rotatable bonds is 10. The molecule has 1 aromatic carbocycles. The molecule has 0 radical (unpaired) electrons. The fourth-order valence-corrected chi connectivity index (χ4v) is 2.03. The van der Waals surface area contributed by atoms with Crippen molar-refractivity contribution in [3.63, 3.8) is 0 Å². The fourth-order valence-electron chi connectivity index (χ4n) is 2.03. The molecule has 0 saturated heterocycles. The summed E-state index contributed by atoms with van der Waals surface area (Å²) in [4.78, 5) is 0. The molecule has 0 fully saturated rings. The Morgan fingerprint density at radius 2 is 1.67 bits per heavy atom. The average Bonchev–Trinajstić information content (AvgIpc) is 2.40. The highest BCUT2D eigenvalue weighted by atomic mass is 16.5. The molecule has 0 aliphatic carbocycles. The SMILES string of the molecule is CCNCCCCCCc1ccc(OCC)cc1. The zero-order valence-corrected chi connectivity index (χ0v) is 11.9. The van der Waals surface area contributed by atoms with Crippen LogP contribution in [0.4, 0.5) is 0 Å². The first-order valence-electron chi connectivity index (χ1n) is 7.29. The lowest BCUT2D eigenvalue weighted by atomic mass is 10.1. The summed E-state index contributed by atoms with van der Waals surface area (Å²) in [7, 11) is 0. The lowest BCUT2D eigenvalue weighted by Crippen LogP contribution is -2.13. The van der Waals surface area contributed by atoms with Crippen molar-refractivity contribution in [2.45, 2.75) is 46.0 Å². The second-order valence-corrected chi connectivity index (χ2v) is 4.59. The monoisotopic (exact) mass is 249 g/mol. The maximum atomic E-state index is 5.43. The van der Waals surface area contributed by atoms with Crippen molar-refractivity contribution < 1.29 is 4.74 Å². The second kappa shape index (κ2) is 9.95. The highest BCUT2D eigenvalue weighted by Gasteiger charge is 1.96. The third-order valence-corrected chi connectivity index (χ3v) is 3.05. The maximum Gasteiger partial charge on any atom is 0.119 e. The predicted molar refractivity (Wildman–Crippen MR) is 78.3 cm³/mol. The molecule has 0 atom stereocenters. The first kappa shape index (κ1) is 15.0. The average molecular weight is 249 g/mol. The molecule has 1 aromatic rings. The Labute approximate surface area is 112 Å². The summed E-state index contributed by atoms with van der Waals surface area (Å²) in [5.74, 6) is 0.979. The normalized spacial score (nSPS) is 10.6. The summed E-state index contributed by atoms with van der Waals surface area (Å²) in [6, 6.07) is 8.52. The van der Waals surface area contributed by atoms with E-state index in [1.54, 1.807) is 0 Å². The summed E-state index contributed by atoms with van der Waals surface area (Å²) in [6.45, 7) is 7.17. The van der Waals surface area contributed by atoms with Gasteiger partial charge in [0.2, 0.25) is 0 Å². The number of nitrogens with one attached hydrogen (secondary N) is 1. The first-order valence-corrected chi connectivity index (χ1v) is 7.29. The predicted octanol–water partition coefficient (Wildman–Crippen LogP) is 3.80. The number of ether oxygens (including phenoxy) is 1. The Balaban J connectivity index is 2.08. The van der Waals surface area contributed by atoms with Gasteiger partial charge in [0, 0.05) is 0 Å². The second-order valence-electron chi connectivity index (χ2n) is 4.59. The molecule has 1 N–H and O–H groups in total. The molecule has 18 heavy (non-hydrogen) atoms. The van der Waals surface area contributed by atoms with E-state index in [0.29, 0.717) is 0 Å². The van der Waals surface area contributed by atoms with Gasteiger partial charge in [-0.2, -0.15) is 0 Å². The van der Waals surface area contributed by atoms with Gasteiger partial charge in [0.1, 0.15) is 5.75 Å². The van der Waals surface area contributed by atoms with E-state index in [0.717, 1.165) is 18.9 Å². The van der Waals surface area contributed by atoms with Gasteiger partial charge in [-0.3, -0.25) is 0 Å². The van der Waals surface area contributed by atoms with E-state index in [-0.39, 0.29) is 0 Å². The Morgan fingerprint density at radius 1 is 0.944 bits per heavy atom. The van der Waals surface area contributed by atoms with E-state index in [1.807, 2.05) is 6.92 Å². The van der Waals surface area contributed by atoms with Gasteiger partial charge >= 0.3 is 0 Å². The number of aryl methyl sites for hydroxylation is 1. The van der Waals surface area contributed by atoms with E-state index in [2.05, 4.69) is 36.5 Å². The largest absolute Gasteiger partial charge is 0.494 e. The molecule has 0 aliphatic heterocycles. The minimum Gasteiger partial charge on any atom is -0.494 e. The maximum absolute atomic E-state index is 5.43. The zero-order chi connectivity index (χ0) is 13.1. The van der Waals surface area contributed by atoms with Crippen LogP contribution in [0.3, 0.4) is 0 Å². The van der Waals surface area contributed by atoms with Crippen LogP contribution < -0.4 is 10.1 Å². The van der Waals surface area contributed by atoms with Gasteiger partial charge in [0.15, 0.2) is 0 Å². The van der Waals surface area contributed by atoms with Gasteiger partial charge in [-0.05, 0) is 57.0 Å². The van der Waals surface area contributed by atoms with Crippen LogP contribution in [0.2, 0.25) is 0 Å². The van der Waals surface area contributed by atoms with E-state index in [4.69, 9.17) is 4.74 Å². The molecule has 0 saturated carbocycles. The number of hydrogen-bond donors (Lipinski definition) is 1. The van der Waals surface area contributed by atoms with Crippen LogP contribution in [-0.4, -0.2) is 19.7 Å². The molecule has 0 aromatic heterocycles. The fraction of sp³-hybridized carbons (Fsp3) is 0.625. The molecule has 0 heterocycles. The van der Waals surface area contributed by atoms with Crippen LogP contribution in [-0.2, 0) is 6.42 Å². The van der Waals surface area contributed by atoms with Crippen LogP contribution in [0.15, 0.2) is 24.3 Å². The number of benzene rings is 1. The molecule has 0 bridgehead atoms. The molecule has 2 nitrogen and oxygen atoms in total.